The van der Waals surface area contributed by atoms with Gasteiger partial charge in [0.2, 0.25) is 0 Å². The standard InChI is InChI=1S/C23H24ClF2N5O3S/c1-13-8-16(31-35(33)6-3-7-35)10-18-21(13)23(28-12-27-18)30-17-5-4-15(24)9-19(17)34-11-20(32)29-14(2)22(25)26/h4-5,8-10,12,14,22H,3,6-7,11H2,1-2H3,(H,29,32)(H,27,28,30). The highest BCUT2D eigenvalue weighted by atomic mass is 35.5. The molecule has 0 saturated carbocycles. The number of hydrogen-bond donors (Lipinski definition) is 2. The highest BCUT2D eigenvalue weighted by molar-refractivity contribution is 7.95. The number of carbonyl (C=O) groups is 1. The largest absolute Gasteiger partial charge is 0.482 e. The summed E-state index contributed by atoms with van der Waals surface area (Å²) in [5.41, 5.74) is 2.54. The molecule has 4 rings (SSSR count). The molecular formula is C23H24ClF2N5O3S. The maximum atomic E-state index is 12.7. The molecule has 0 aliphatic carbocycles. The molecule has 12 heteroatoms. The first kappa shape index (κ1) is 25.1. The topological polar surface area (TPSA) is 106 Å². The third-order valence-corrected chi connectivity index (χ3v) is 8.07. The molecule has 1 saturated heterocycles. The molecule has 2 N–H and O–H groups in total. The van der Waals surface area contributed by atoms with E-state index in [-0.39, 0.29) is 5.75 Å². The quantitative estimate of drug-likeness (QED) is 0.431. The summed E-state index contributed by atoms with van der Waals surface area (Å²) in [5, 5.41) is 6.46. The van der Waals surface area contributed by atoms with Gasteiger partial charge in [-0.3, -0.25) is 4.79 Å². The van der Waals surface area contributed by atoms with Crippen LogP contribution in [0.15, 0.2) is 41.0 Å². The lowest BCUT2D eigenvalue weighted by Crippen LogP contribution is -2.40. The number of alkyl halides is 2. The number of benzene rings is 2. The number of aryl methyl sites for hydroxylation is 1. The van der Waals surface area contributed by atoms with E-state index in [1.165, 1.54) is 19.3 Å². The zero-order chi connectivity index (χ0) is 25.2. The van der Waals surface area contributed by atoms with Gasteiger partial charge in [-0.05, 0) is 50.1 Å². The normalized spacial score (nSPS) is 15.4. The fourth-order valence-electron chi connectivity index (χ4n) is 3.54. The number of ether oxygens (including phenoxy) is 1. The lowest BCUT2D eigenvalue weighted by Gasteiger charge is -2.18. The van der Waals surface area contributed by atoms with Gasteiger partial charge in [-0.15, -0.1) is 0 Å². The Morgan fingerprint density at radius 3 is 2.71 bits per heavy atom. The second-order valence-corrected chi connectivity index (χ2v) is 11.2. The Hall–Kier alpha value is -3.05. The second kappa shape index (κ2) is 10.3. The van der Waals surface area contributed by atoms with E-state index in [1.54, 1.807) is 18.2 Å². The predicted molar refractivity (Wildman–Crippen MR) is 133 cm³/mol. The first-order chi connectivity index (χ1) is 16.6. The molecule has 1 amide bonds. The SMILES string of the molecule is Cc1cc(N=S2(=O)CCC2)cc2ncnc(Nc3ccc(Cl)cc3OCC(=O)NC(C)C(F)F)c12. The first-order valence-electron chi connectivity index (χ1n) is 10.9. The smallest absolute Gasteiger partial charge is 0.258 e. The van der Waals surface area contributed by atoms with Crippen LogP contribution in [-0.2, 0) is 14.5 Å². The van der Waals surface area contributed by atoms with Crippen molar-refractivity contribution in [3.8, 4) is 5.75 Å². The van der Waals surface area contributed by atoms with Gasteiger partial charge in [0.15, 0.2) is 6.61 Å². The van der Waals surface area contributed by atoms with Crippen LogP contribution in [-0.4, -0.2) is 50.7 Å². The first-order valence-corrected chi connectivity index (χ1v) is 13.1. The van der Waals surface area contributed by atoms with Crippen molar-refractivity contribution >= 4 is 55.3 Å². The zero-order valence-electron chi connectivity index (χ0n) is 19.1. The Balaban J connectivity index is 1.60. The Kier molecular flexibility index (Phi) is 7.36. The average Bonchev–Trinajstić information content (AvgIpc) is 2.78. The summed E-state index contributed by atoms with van der Waals surface area (Å²) in [4.78, 5) is 20.7. The Morgan fingerprint density at radius 2 is 2.03 bits per heavy atom. The summed E-state index contributed by atoms with van der Waals surface area (Å²) in [6.07, 6.45) is -0.366. The van der Waals surface area contributed by atoms with Crippen molar-refractivity contribution in [2.24, 2.45) is 4.36 Å². The summed E-state index contributed by atoms with van der Waals surface area (Å²) in [7, 11) is -2.16. The molecule has 1 atom stereocenters. The van der Waals surface area contributed by atoms with Crippen LogP contribution in [0.1, 0.15) is 18.9 Å². The van der Waals surface area contributed by atoms with Crippen molar-refractivity contribution in [2.75, 3.05) is 23.4 Å². The zero-order valence-corrected chi connectivity index (χ0v) is 20.6. The van der Waals surface area contributed by atoms with E-state index >= 15 is 0 Å². The number of fused-ring (bicyclic) bond motifs is 1. The third kappa shape index (κ3) is 5.96. The van der Waals surface area contributed by atoms with Crippen molar-refractivity contribution < 1.29 is 22.5 Å². The van der Waals surface area contributed by atoms with E-state index < -0.39 is 34.7 Å². The Morgan fingerprint density at radius 1 is 1.26 bits per heavy atom. The van der Waals surface area contributed by atoms with E-state index in [4.69, 9.17) is 16.3 Å². The van der Waals surface area contributed by atoms with Gasteiger partial charge in [0.1, 0.15) is 17.9 Å². The summed E-state index contributed by atoms with van der Waals surface area (Å²) < 4.78 is 47.9. The Labute approximate surface area is 206 Å². The molecular weight excluding hydrogens is 500 g/mol. The maximum Gasteiger partial charge on any atom is 0.258 e. The van der Waals surface area contributed by atoms with Crippen LogP contribution in [0.4, 0.5) is 26.0 Å². The number of anilines is 2. The third-order valence-electron chi connectivity index (χ3n) is 5.44. The number of halogens is 3. The minimum atomic E-state index is -2.68. The molecule has 35 heavy (non-hydrogen) atoms. The summed E-state index contributed by atoms with van der Waals surface area (Å²) in [6, 6.07) is 7.13. The summed E-state index contributed by atoms with van der Waals surface area (Å²) in [6.45, 7) is 2.62. The number of carbonyl (C=O) groups excluding carboxylic acids is 1. The van der Waals surface area contributed by atoms with Gasteiger partial charge < -0.3 is 15.4 Å². The predicted octanol–water partition coefficient (Wildman–Crippen LogP) is 4.99. The van der Waals surface area contributed by atoms with E-state index in [2.05, 4.69) is 25.0 Å². The van der Waals surface area contributed by atoms with E-state index in [0.717, 1.165) is 17.4 Å². The van der Waals surface area contributed by atoms with Crippen molar-refractivity contribution in [3.05, 3.63) is 47.2 Å². The lowest BCUT2D eigenvalue weighted by molar-refractivity contribution is -0.124. The number of nitrogens with one attached hydrogen (secondary N) is 2. The highest BCUT2D eigenvalue weighted by Gasteiger charge is 2.20. The molecule has 0 spiro atoms. The number of amides is 1. The van der Waals surface area contributed by atoms with Gasteiger partial charge in [-0.25, -0.2) is 23.0 Å². The lowest BCUT2D eigenvalue weighted by atomic mass is 10.1. The minimum Gasteiger partial charge on any atom is -0.482 e. The van der Waals surface area contributed by atoms with Crippen LogP contribution in [0.25, 0.3) is 10.9 Å². The Bertz CT molecular complexity index is 1390. The van der Waals surface area contributed by atoms with Crippen LogP contribution < -0.4 is 15.4 Å². The van der Waals surface area contributed by atoms with E-state index in [0.29, 0.717) is 39.2 Å². The number of rotatable bonds is 8. The van der Waals surface area contributed by atoms with Crippen LogP contribution in [0.3, 0.4) is 0 Å². The monoisotopic (exact) mass is 523 g/mol. The maximum absolute atomic E-state index is 12.7. The molecule has 1 aliphatic heterocycles. The second-order valence-electron chi connectivity index (χ2n) is 8.25. The van der Waals surface area contributed by atoms with Crippen LogP contribution in [0, 0.1) is 6.92 Å². The fourth-order valence-corrected chi connectivity index (χ4v) is 5.16. The van der Waals surface area contributed by atoms with Gasteiger partial charge in [-0.1, -0.05) is 11.6 Å². The molecule has 1 aromatic heterocycles. The van der Waals surface area contributed by atoms with Crippen molar-refractivity contribution in [2.45, 2.75) is 32.7 Å². The van der Waals surface area contributed by atoms with Gasteiger partial charge >= 0.3 is 0 Å². The molecule has 1 unspecified atom stereocenters. The molecule has 2 heterocycles. The minimum absolute atomic E-state index is 0.246. The average molecular weight is 524 g/mol. The van der Waals surface area contributed by atoms with Gasteiger partial charge in [0.05, 0.1) is 32.7 Å². The molecule has 1 fully saturated rings. The van der Waals surface area contributed by atoms with Gasteiger partial charge in [0.25, 0.3) is 12.3 Å². The van der Waals surface area contributed by atoms with Crippen molar-refractivity contribution in [3.63, 3.8) is 0 Å². The van der Waals surface area contributed by atoms with Crippen LogP contribution in [0.5, 0.6) is 5.75 Å². The van der Waals surface area contributed by atoms with E-state index in [1.807, 2.05) is 13.0 Å². The molecule has 0 radical (unpaired) electrons. The summed E-state index contributed by atoms with van der Waals surface area (Å²) in [5.74, 6) is 1.26. The van der Waals surface area contributed by atoms with Crippen molar-refractivity contribution in [1.29, 1.82) is 0 Å². The molecule has 0 bridgehead atoms. The number of hydrogen-bond acceptors (Lipinski definition) is 7. The van der Waals surface area contributed by atoms with E-state index in [9.17, 15) is 17.8 Å². The van der Waals surface area contributed by atoms with Crippen molar-refractivity contribution in [1.82, 2.24) is 15.3 Å². The highest BCUT2D eigenvalue weighted by Crippen LogP contribution is 2.35. The summed E-state index contributed by atoms with van der Waals surface area (Å²) >= 11 is 6.10. The molecule has 186 valence electrons. The number of nitrogens with zero attached hydrogens (tertiary/aromatic N) is 3. The molecule has 3 aromatic rings. The van der Waals surface area contributed by atoms with Gasteiger partial charge in [0, 0.05) is 28.0 Å². The molecule has 1 aliphatic rings. The van der Waals surface area contributed by atoms with Crippen LogP contribution >= 0.6 is 11.6 Å². The number of aromatic nitrogens is 2. The van der Waals surface area contributed by atoms with Crippen LogP contribution in [0.2, 0.25) is 5.02 Å². The fraction of sp³-hybridized carbons (Fsp3) is 0.348. The molecule has 2 aromatic carbocycles. The molecule has 8 nitrogen and oxygen atoms in total. The van der Waals surface area contributed by atoms with Gasteiger partial charge in [-0.2, -0.15) is 4.36 Å².